The molecular formula is C16H19N3O4S. The predicted molar refractivity (Wildman–Crippen MR) is 93.9 cm³/mol. The van der Waals surface area contributed by atoms with Crippen molar-refractivity contribution < 1.29 is 14.7 Å². The van der Waals surface area contributed by atoms with Gasteiger partial charge in [-0.15, -0.1) is 11.8 Å². The van der Waals surface area contributed by atoms with E-state index in [0.717, 1.165) is 11.8 Å². The van der Waals surface area contributed by atoms with Gasteiger partial charge in [-0.1, -0.05) is 18.2 Å². The lowest BCUT2D eigenvalue weighted by atomic mass is 10.3. The SMILES string of the molecule is Cc1c(NC(=O)[C@@H](C)SCC(=O)O)c(=O)n(-c2ccccc2)n1C. The molecule has 1 heterocycles. The van der Waals surface area contributed by atoms with Crippen molar-refractivity contribution in [3.8, 4) is 5.69 Å². The molecule has 128 valence electrons. The monoisotopic (exact) mass is 349 g/mol. The number of aromatic nitrogens is 2. The zero-order valence-corrected chi connectivity index (χ0v) is 14.5. The Morgan fingerprint density at radius 1 is 1.29 bits per heavy atom. The molecule has 2 rings (SSSR count). The number of rotatable bonds is 6. The highest BCUT2D eigenvalue weighted by Gasteiger charge is 2.21. The van der Waals surface area contributed by atoms with Gasteiger partial charge in [0.1, 0.15) is 5.69 Å². The van der Waals surface area contributed by atoms with Gasteiger partial charge in [0.25, 0.3) is 5.56 Å². The lowest BCUT2D eigenvalue weighted by Gasteiger charge is -2.09. The van der Waals surface area contributed by atoms with E-state index in [-0.39, 0.29) is 17.0 Å². The molecule has 1 aromatic heterocycles. The first-order valence-electron chi connectivity index (χ1n) is 7.31. The zero-order chi connectivity index (χ0) is 17.9. The summed E-state index contributed by atoms with van der Waals surface area (Å²) in [5, 5.41) is 10.7. The third-order valence-electron chi connectivity index (χ3n) is 3.63. The van der Waals surface area contributed by atoms with Crippen LogP contribution in [0.5, 0.6) is 0 Å². The second kappa shape index (κ2) is 7.39. The molecule has 0 aliphatic carbocycles. The van der Waals surface area contributed by atoms with Crippen molar-refractivity contribution in [2.75, 3.05) is 11.1 Å². The number of nitrogens with zero attached hydrogens (tertiary/aromatic N) is 2. The standard InChI is InChI=1S/C16H19N3O4S/c1-10-14(17-15(22)11(2)24-9-13(20)21)16(23)19(18(10)3)12-7-5-4-6-8-12/h4-8,11H,9H2,1-3H3,(H,17,22)(H,20,21)/t11-/m1/s1. The van der Waals surface area contributed by atoms with Crippen LogP contribution in [0.25, 0.3) is 5.69 Å². The molecule has 8 heteroatoms. The van der Waals surface area contributed by atoms with E-state index >= 15 is 0 Å². The summed E-state index contributed by atoms with van der Waals surface area (Å²) in [4.78, 5) is 35.5. The first kappa shape index (κ1) is 17.9. The van der Waals surface area contributed by atoms with Crippen LogP contribution in [0, 0.1) is 6.92 Å². The van der Waals surface area contributed by atoms with Gasteiger partial charge in [-0.2, -0.15) is 0 Å². The quantitative estimate of drug-likeness (QED) is 0.827. The largest absolute Gasteiger partial charge is 0.481 e. The average Bonchev–Trinajstić information content (AvgIpc) is 2.76. The van der Waals surface area contributed by atoms with E-state index < -0.39 is 17.1 Å². The maximum Gasteiger partial charge on any atom is 0.313 e. The minimum absolute atomic E-state index is 0.170. The number of carbonyl (C=O) groups excluding carboxylic acids is 1. The lowest BCUT2D eigenvalue weighted by Crippen LogP contribution is -2.27. The normalized spacial score (nSPS) is 12.0. The van der Waals surface area contributed by atoms with Crippen LogP contribution in [0.15, 0.2) is 35.1 Å². The van der Waals surface area contributed by atoms with E-state index in [4.69, 9.17) is 5.11 Å². The van der Waals surface area contributed by atoms with Crippen LogP contribution < -0.4 is 10.9 Å². The van der Waals surface area contributed by atoms with E-state index in [9.17, 15) is 14.4 Å². The summed E-state index contributed by atoms with van der Waals surface area (Å²) in [6, 6.07) is 9.11. The van der Waals surface area contributed by atoms with Gasteiger partial charge in [-0.25, -0.2) is 4.68 Å². The molecule has 0 bridgehead atoms. The fourth-order valence-electron chi connectivity index (χ4n) is 2.21. The van der Waals surface area contributed by atoms with Crippen molar-refractivity contribution in [3.05, 3.63) is 46.4 Å². The average molecular weight is 349 g/mol. The molecule has 0 spiro atoms. The summed E-state index contributed by atoms with van der Waals surface area (Å²) >= 11 is 1.00. The van der Waals surface area contributed by atoms with E-state index in [1.165, 1.54) is 4.68 Å². The van der Waals surface area contributed by atoms with Gasteiger partial charge in [0.05, 0.1) is 22.4 Å². The highest BCUT2D eigenvalue weighted by molar-refractivity contribution is 8.01. The maximum absolute atomic E-state index is 12.7. The minimum Gasteiger partial charge on any atom is -0.481 e. The first-order valence-corrected chi connectivity index (χ1v) is 8.36. The number of amides is 1. The fraction of sp³-hybridized carbons (Fsp3) is 0.312. The summed E-state index contributed by atoms with van der Waals surface area (Å²) in [5.41, 5.74) is 1.19. The number of hydrogen-bond acceptors (Lipinski definition) is 4. The summed E-state index contributed by atoms with van der Waals surface area (Å²) < 4.78 is 3.14. The van der Waals surface area contributed by atoms with E-state index in [1.54, 1.807) is 37.7 Å². The van der Waals surface area contributed by atoms with Gasteiger partial charge in [0.2, 0.25) is 5.91 Å². The Labute approximate surface area is 143 Å². The highest BCUT2D eigenvalue weighted by atomic mass is 32.2. The van der Waals surface area contributed by atoms with Crippen LogP contribution in [0.4, 0.5) is 5.69 Å². The number of carbonyl (C=O) groups is 2. The van der Waals surface area contributed by atoms with Gasteiger partial charge >= 0.3 is 5.97 Å². The van der Waals surface area contributed by atoms with Gasteiger partial charge < -0.3 is 10.4 Å². The number of carboxylic acid groups (broad SMARTS) is 1. The van der Waals surface area contributed by atoms with Gasteiger partial charge in [-0.3, -0.25) is 19.1 Å². The Balaban J connectivity index is 2.28. The molecule has 24 heavy (non-hydrogen) atoms. The van der Waals surface area contributed by atoms with E-state index in [0.29, 0.717) is 11.4 Å². The number of anilines is 1. The molecule has 2 N–H and O–H groups in total. The minimum atomic E-state index is -0.984. The number of hydrogen-bond donors (Lipinski definition) is 2. The zero-order valence-electron chi connectivity index (χ0n) is 13.6. The second-order valence-electron chi connectivity index (χ2n) is 5.27. The molecule has 1 amide bonds. The number of benzene rings is 1. The van der Waals surface area contributed by atoms with Gasteiger partial charge in [0, 0.05) is 7.05 Å². The van der Waals surface area contributed by atoms with Crippen molar-refractivity contribution in [1.82, 2.24) is 9.36 Å². The fourth-order valence-corrected chi connectivity index (χ4v) is 2.81. The molecule has 2 aromatic rings. The molecule has 0 aliphatic rings. The number of thioether (sulfide) groups is 1. The third kappa shape index (κ3) is 3.70. The third-order valence-corrected chi connectivity index (χ3v) is 4.76. The number of nitrogens with one attached hydrogen (secondary N) is 1. The summed E-state index contributed by atoms with van der Waals surface area (Å²) in [6.45, 7) is 3.35. The smallest absolute Gasteiger partial charge is 0.313 e. The lowest BCUT2D eigenvalue weighted by molar-refractivity contribution is -0.133. The van der Waals surface area contributed by atoms with Crippen molar-refractivity contribution in [2.45, 2.75) is 19.1 Å². The van der Waals surface area contributed by atoms with Crippen LogP contribution in [0.1, 0.15) is 12.6 Å². The Morgan fingerprint density at radius 2 is 1.92 bits per heavy atom. The van der Waals surface area contributed by atoms with Crippen LogP contribution in [0.3, 0.4) is 0 Å². The number of aliphatic carboxylic acids is 1. The Morgan fingerprint density at radius 3 is 2.50 bits per heavy atom. The van der Waals surface area contributed by atoms with Crippen molar-refractivity contribution >= 4 is 29.3 Å². The number of para-hydroxylation sites is 1. The van der Waals surface area contributed by atoms with Crippen LogP contribution in [-0.4, -0.2) is 37.3 Å². The Bertz CT molecular complexity index is 811. The summed E-state index contributed by atoms with van der Waals surface area (Å²) in [5.74, 6) is -1.55. The second-order valence-corrected chi connectivity index (χ2v) is 6.60. The molecule has 7 nitrogen and oxygen atoms in total. The van der Waals surface area contributed by atoms with Crippen LogP contribution >= 0.6 is 11.8 Å². The molecule has 0 aliphatic heterocycles. The summed E-state index contributed by atoms with van der Waals surface area (Å²) in [6.07, 6.45) is 0. The molecule has 1 atom stereocenters. The highest BCUT2D eigenvalue weighted by Crippen LogP contribution is 2.17. The van der Waals surface area contributed by atoms with E-state index in [1.807, 2.05) is 18.2 Å². The van der Waals surface area contributed by atoms with Crippen molar-refractivity contribution in [3.63, 3.8) is 0 Å². The topological polar surface area (TPSA) is 93.3 Å². The predicted octanol–water partition coefficient (Wildman–Crippen LogP) is 1.63. The molecule has 0 saturated carbocycles. The molecule has 0 radical (unpaired) electrons. The van der Waals surface area contributed by atoms with Gasteiger partial charge in [-0.05, 0) is 26.0 Å². The maximum atomic E-state index is 12.7. The molecule has 0 fully saturated rings. The molecule has 0 unspecified atom stereocenters. The first-order chi connectivity index (χ1) is 11.3. The van der Waals surface area contributed by atoms with Crippen molar-refractivity contribution in [2.24, 2.45) is 7.05 Å². The molecular weight excluding hydrogens is 330 g/mol. The Hall–Kier alpha value is -2.48. The van der Waals surface area contributed by atoms with Gasteiger partial charge in [0.15, 0.2) is 0 Å². The van der Waals surface area contributed by atoms with Crippen molar-refractivity contribution in [1.29, 1.82) is 0 Å². The molecule has 1 aromatic carbocycles. The molecule has 0 saturated heterocycles. The summed E-state index contributed by atoms with van der Waals surface area (Å²) in [7, 11) is 1.74. The van der Waals surface area contributed by atoms with Crippen LogP contribution in [-0.2, 0) is 16.6 Å². The Kier molecular flexibility index (Phi) is 5.50. The number of carboxylic acids is 1. The van der Waals surface area contributed by atoms with Crippen LogP contribution in [0.2, 0.25) is 0 Å². The van der Waals surface area contributed by atoms with E-state index in [2.05, 4.69) is 5.32 Å².